The van der Waals surface area contributed by atoms with Gasteiger partial charge in [-0.3, -0.25) is 4.79 Å². The van der Waals surface area contributed by atoms with E-state index in [4.69, 9.17) is 0 Å². The Morgan fingerprint density at radius 2 is 2.06 bits per heavy atom. The molecule has 0 spiro atoms. The second-order valence-electron chi connectivity index (χ2n) is 4.45. The van der Waals surface area contributed by atoms with Crippen molar-refractivity contribution in [2.24, 2.45) is 0 Å². The zero-order valence-electron chi connectivity index (χ0n) is 10.0. The smallest absolute Gasteiger partial charge is 0.343 e. The average Bonchev–Trinajstić information content (AvgIpc) is 2.52. The highest BCUT2D eigenvalue weighted by molar-refractivity contribution is 5.76. The second-order valence-corrected chi connectivity index (χ2v) is 4.45. The molecule has 6 heteroatoms. The summed E-state index contributed by atoms with van der Waals surface area (Å²) in [5, 5.41) is 3.21. The SMILES string of the molecule is CN(C(=O)CCC(F)(F)F)C1CCCNCC1. The second kappa shape index (κ2) is 6.23. The zero-order valence-corrected chi connectivity index (χ0v) is 10.0. The lowest BCUT2D eigenvalue weighted by Crippen LogP contribution is -2.38. The maximum Gasteiger partial charge on any atom is 0.389 e. The fourth-order valence-corrected chi connectivity index (χ4v) is 2.02. The van der Waals surface area contributed by atoms with Crippen molar-refractivity contribution in [1.29, 1.82) is 0 Å². The molecule has 0 aromatic carbocycles. The van der Waals surface area contributed by atoms with E-state index in [0.29, 0.717) is 0 Å². The Morgan fingerprint density at radius 3 is 2.71 bits per heavy atom. The summed E-state index contributed by atoms with van der Waals surface area (Å²) in [6.07, 6.45) is -3.08. The largest absolute Gasteiger partial charge is 0.389 e. The number of hydrogen-bond acceptors (Lipinski definition) is 2. The van der Waals surface area contributed by atoms with Gasteiger partial charge in [-0.1, -0.05) is 0 Å². The van der Waals surface area contributed by atoms with E-state index in [1.54, 1.807) is 7.05 Å². The molecule has 1 saturated heterocycles. The normalized spacial score (nSPS) is 22.0. The van der Waals surface area contributed by atoms with Gasteiger partial charge in [-0.2, -0.15) is 13.2 Å². The minimum Gasteiger partial charge on any atom is -0.343 e. The van der Waals surface area contributed by atoms with Gasteiger partial charge in [0, 0.05) is 19.5 Å². The number of hydrogen-bond donors (Lipinski definition) is 1. The van der Waals surface area contributed by atoms with Crippen LogP contribution >= 0.6 is 0 Å². The van der Waals surface area contributed by atoms with E-state index in [2.05, 4.69) is 5.32 Å². The van der Waals surface area contributed by atoms with E-state index in [9.17, 15) is 18.0 Å². The van der Waals surface area contributed by atoms with E-state index < -0.39 is 24.9 Å². The summed E-state index contributed by atoms with van der Waals surface area (Å²) in [6, 6.07) is 0.0748. The number of carbonyl (C=O) groups is 1. The van der Waals surface area contributed by atoms with Crippen molar-refractivity contribution < 1.29 is 18.0 Å². The van der Waals surface area contributed by atoms with Crippen molar-refractivity contribution >= 4 is 5.91 Å². The molecule has 0 radical (unpaired) electrons. The van der Waals surface area contributed by atoms with Gasteiger partial charge in [-0.25, -0.2) is 0 Å². The third-order valence-electron chi connectivity index (χ3n) is 3.11. The molecule has 100 valence electrons. The standard InChI is InChI=1S/C11H19F3N2O/c1-16(9-3-2-7-15-8-5-9)10(17)4-6-11(12,13)14/h9,15H,2-8H2,1H3. The van der Waals surface area contributed by atoms with Gasteiger partial charge in [0.15, 0.2) is 0 Å². The maximum absolute atomic E-state index is 12.0. The summed E-state index contributed by atoms with van der Waals surface area (Å²) in [4.78, 5) is 13.1. The van der Waals surface area contributed by atoms with Gasteiger partial charge in [-0.15, -0.1) is 0 Å². The molecule has 1 heterocycles. The summed E-state index contributed by atoms with van der Waals surface area (Å²) in [5.74, 6) is -0.408. The van der Waals surface area contributed by atoms with E-state index in [0.717, 1.165) is 32.4 Å². The quantitative estimate of drug-likeness (QED) is 0.832. The number of nitrogens with one attached hydrogen (secondary N) is 1. The lowest BCUT2D eigenvalue weighted by atomic mass is 10.1. The topological polar surface area (TPSA) is 32.3 Å². The third-order valence-corrected chi connectivity index (χ3v) is 3.11. The van der Waals surface area contributed by atoms with Crippen molar-refractivity contribution in [3.63, 3.8) is 0 Å². The fraction of sp³-hybridized carbons (Fsp3) is 0.909. The Balaban J connectivity index is 2.39. The Kier molecular flexibility index (Phi) is 5.24. The van der Waals surface area contributed by atoms with Crippen molar-refractivity contribution in [2.45, 2.75) is 44.3 Å². The van der Waals surface area contributed by atoms with Crippen LogP contribution in [0.2, 0.25) is 0 Å². The molecule has 1 fully saturated rings. The first kappa shape index (κ1) is 14.3. The molecule has 1 aliphatic rings. The van der Waals surface area contributed by atoms with Gasteiger partial charge in [-0.05, 0) is 32.4 Å². The summed E-state index contributed by atoms with van der Waals surface area (Å²) in [5.41, 5.74) is 0. The number of amides is 1. The van der Waals surface area contributed by atoms with Crippen LogP contribution in [-0.2, 0) is 4.79 Å². The Hall–Kier alpha value is -0.780. The highest BCUT2D eigenvalue weighted by Crippen LogP contribution is 2.22. The molecule has 1 N–H and O–H groups in total. The van der Waals surface area contributed by atoms with Crippen LogP contribution in [0.25, 0.3) is 0 Å². The van der Waals surface area contributed by atoms with Gasteiger partial charge < -0.3 is 10.2 Å². The van der Waals surface area contributed by atoms with Crippen LogP contribution < -0.4 is 5.32 Å². The monoisotopic (exact) mass is 252 g/mol. The van der Waals surface area contributed by atoms with Gasteiger partial charge in [0.05, 0.1) is 6.42 Å². The number of rotatable bonds is 3. The van der Waals surface area contributed by atoms with Crippen molar-refractivity contribution in [3.05, 3.63) is 0 Å². The minimum absolute atomic E-state index is 0.0748. The van der Waals surface area contributed by atoms with E-state index in [1.807, 2.05) is 0 Å². The highest BCUT2D eigenvalue weighted by atomic mass is 19.4. The van der Waals surface area contributed by atoms with E-state index in [1.165, 1.54) is 4.90 Å². The van der Waals surface area contributed by atoms with Crippen molar-refractivity contribution in [1.82, 2.24) is 10.2 Å². The van der Waals surface area contributed by atoms with E-state index >= 15 is 0 Å². The molecular formula is C11H19F3N2O. The number of alkyl halides is 3. The number of halogens is 3. The maximum atomic E-state index is 12.0. The molecule has 1 aliphatic heterocycles. The van der Waals surface area contributed by atoms with Crippen LogP contribution in [0, 0.1) is 0 Å². The predicted molar refractivity (Wildman–Crippen MR) is 58.6 cm³/mol. The van der Waals surface area contributed by atoms with Gasteiger partial charge in [0.1, 0.15) is 0 Å². The fourth-order valence-electron chi connectivity index (χ4n) is 2.02. The van der Waals surface area contributed by atoms with Crippen LogP contribution in [0.5, 0.6) is 0 Å². The third kappa shape index (κ3) is 5.39. The summed E-state index contributed by atoms with van der Waals surface area (Å²) in [6.45, 7) is 1.74. The van der Waals surface area contributed by atoms with Crippen LogP contribution in [0.15, 0.2) is 0 Å². The summed E-state index contributed by atoms with van der Waals surface area (Å²) >= 11 is 0. The van der Waals surface area contributed by atoms with Gasteiger partial charge >= 0.3 is 6.18 Å². The van der Waals surface area contributed by atoms with Crippen LogP contribution in [0.4, 0.5) is 13.2 Å². The molecule has 1 rings (SSSR count). The molecule has 17 heavy (non-hydrogen) atoms. The zero-order chi connectivity index (χ0) is 12.9. The van der Waals surface area contributed by atoms with Crippen LogP contribution in [-0.4, -0.2) is 43.2 Å². The first-order valence-corrected chi connectivity index (χ1v) is 5.93. The Morgan fingerprint density at radius 1 is 1.35 bits per heavy atom. The first-order chi connectivity index (χ1) is 7.90. The first-order valence-electron chi connectivity index (χ1n) is 5.93. The number of carbonyl (C=O) groups excluding carboxylic acids is 1. The predicted octanol–water partition coefficient (Wildman–Crippen LogP) is 1.93. The lowest BCUT2D eigenvalue weighted by molar-refractivity contribution is -0.149. The van der Waals surface area contributed by atoms with Crippen molar-refractivity contribution in [2.75, 3.05) is 20.1 Å². The van der Waals surface area contributed by atoms with Crippen LogP contribution in [0.1, 0.15) is 32.1 Å². The molecule has 0 aromatic heterocycles. The lowest BCUT2D eigenvalue weighted by Gasteiger charge is -2.27. The Bertz CT molecular complexity index is 248. The summed E-state index contributed by atoms with van der Waals surface area (Å²) < 4.78 is 36.0. The molecular weight excluding hydrogens is 233 g/mol. The van der Waals surface area contributed by atoms with Crippen LogP contribution in [0.3, 0.4) is 0 Å². The average molecular weight is 252 g/mol. The molecule has 0 aliphatic carbocycles. The molecule has 1 unspecified atom stereocenters. The Labute approximate surface area is 99.4 Å². The van der Waals surface area contributed by atoms with E-state index in [-0.39, 0.29) is 6.04 Å². The molecule has 0 bridgehead atoms. The molecule has 0 saturated carbocycles. The van der Waals surface area contributed by atoms with Crippen molar-refractivity contribution in [3.8, 4) is 0 Å². The van der Waals surface area contributed by atoms with Gasteiger partial charge in [0.25, 0.3) is 0 Å². The molecule has 1 amide bonds. The molecule has 0 aromatic rings. The van der Waals surface area contributed by atoms with Gasteiger partial charge in [0.2, 0.25) is 5.91 Å². The molecule has 1 atom stereocenters. The highest BCUT2D eigenvalue weighted by Gasteiger charge is 2.30. The minimum atomic E-state index is -4.25. The molecule has 3 nitrogen and oxygen atoms in total. The summed E-state index contributed by atoms with van der Waals surface area (Å²) in [7, 11) is 1.61. The number of nitrogens with zero attached hydrogens (tertiary/aromatic N) is 1.